The van der Waals surface area contributed by atoms with Gasteiger partial charge in [-0.05, 0) is 26.0 Å². The Morgan fingerprint density at radius 1 is 1.10 bits per heavy atom. The van der Waals surface area contributed by atoms with E-state index in [2.05, 4.69) is 42.7 Å². The smallest absolute Gasteiger partial charge is 0.161 e. The number of fused-ring (bicyclic) bond motifs is 1. The molecule has 0 unspecified atom stereocenters. The Bertz CT molecular complexity index is 612. The monoisotopic (exact) mass is 268 g/mol. The van der Waals surface area contributed by atoms with Gasteiger partial charge in [0.2, 0.25) is 0 Å². The van der Waals surface area contributed by atoms with Crippen molar-refractivity contribution in [2.24, 2.45) is 0 Å². The minimum atomic E-state index is 0.821. The van der Waals surface area contributed by atoms with E-state index in [9.17, 15) is 0 Å². The van der Waals surface area contributed by atoms with E-state index >= 15 is 0 Å². The number of hydrogen-bond donors (Lipinski definition) is 2. The first kappa shape index (κ1) is 13.1. The molecule has 0 bridgehead atoms. The molecule has 104 valence electrons. The number of nitrogens with zero attached hydrogens (tertiary/aromatic N) is 2. The van der Waals surface area contributed by atoms with Gasteiger partial charge < -0.3 is 10.6 Å². The second kappa shape index (κ2) is 5.21. The van der Waals surface area contributed by atoms with E-state index in [0.29, 0.717) is 0 Å². The van der Waals surface area contributed by atoms with Crippen LogP contribution in [0.15, 0.2) is 18.2 Å². The number of aryl methyl sites for hydroxylation is 2. The minimum Gasteiger partial charge on any atom is -0.373 e. The van der Waals surface area contributed by atoms with E-state index in [1.54, 1.807) is 0 Å². The van der Waals surface area contributed by atoms with E-state index < -0.39 is 0 Å². The molecule has 0 saturated carbocycles. The number of anilines is 1. The molecule has 0 atom stereocenters. The predicted octanol–water partition coefficient (Wildman–Crippen LogP) is 2.45. The van der Waals surface area contributed by atoms with Crippen LogP contribution in [0, 0.1) is 13.8 Å². The van der Waals surface area contributed by atoms with Crippen molar-refractivity contribution in [2.75, 3.05) is 18.9 Å². The van der Waals surface area contributed by atoms with Crippen LogP contribution in [0.3, 0.4) is 0 Å². The third-order valence-electron chi connectivity index (χ3n) is 3.65. The fraction of sp³-hybridized carbons (Fsp3) is 0.375. The zero-order valence-electron chi connectivity index (χ0n) is 12.2. The summed E-state index contributed by atoms with van der Waals surface area (Å²) < 4.78 is 0. The highest BCUT2D eigenvalue weighted by atomic mass is 15.0. The first-order chi connectivity index (χ1) is 9.67. The third kappa shape index (κ3) is 2.39. The molecule has 0 amide bonds. The highest BCUT2D eigenvalue weighted by Crippen LogP contribution is 2.25. The van der Waals surface area contributed by atoms with Gasteiger partial charge in [0.25, 0.3) is 0 Å². The number of benzene rings is 1. The topological polar surface area (TPSA) is 49.8 Å². The Balaban J connectivity index is 2.14. The maximum absolute atomic E-state index is 4.78. The highest BCUT2D eigenvalue weighted by Gasteiger charge is 2.17. The molecule has 0 saturated heterocycles. The molecule has 1 aliphatic heterocycles. The summed E-state index contributed by atoms with van der Waals surface area (Å²) in [7, 11) is 1.92. The van der Waals surface area contributed by atoms with Gasteiger partial charge in [-0.1, -0.05) is 17.2 Å². The predicted molar refractivity (Wildman–Crippen MR) is 81.9 cm³/mol. The summed E-state index contributed by atoms with van der Waals surface area (Å²) in [5.41, 5.74) is 5.95. The largest absolute Gasteiger partial charge is 0.373 e. The summed E-state index contributed by atoms with van der Waals surface area (Å²) in [6, 6.07) is 6.47. The minimum absolute atomic E-state index is 0.821. The lowest BCUT2D eigenvalue weighted by molar-refractivity contribution is 0.628. The van der Waals surface area contributed by atoms with Gasteiger partial charge in [-0.2, -0.15) is 0 Å². The van der Waals surface area contributed by atoms with Crippen LogP contribution in [0.25, 0.3) is 11.4 Å². The van der Waals surface area contributed by atoms with Crippen LogP contribution in [-0.4, -0.2) is 23.6 Å². The standard InChI is InChI=1S/C16H20N4/c1-10-6-11(2)8-12(7-10)15-19-14-4-5-18-9-13(14)16(17-3)20-15/h6-8,18H,4-5,9H2,1-3H3,(H,17,19,20). The molecule has 1 aromatic heterocycles. The molecule has 1 aromatic carbocycles. The first-order valence-electron chi connectivity index (χ1n) is 7.04. The van der Waals surface area contributed by atoms with Crippen LogP contribution in [0.5, 0.6) is 0 Å². The Morgan fingerprint density at radius 2 is 1.85 bits per heavy atom. The second-order valence-corrected chi connectivity index (χ2v) is 5.37. The molecule has 0 spiro atoms. The van der Waals surface area contributed by atoms with Gasteiger partial charge in [0.1, 0.15) is 5.82 Å². The lowest BCUT2D eigenvalue weighted by atomic mass is 10.0. The Morgan fingerprint density at radius 3 is 2.55 bits per heavy atom. The number of rotatable bonds is 2. The van der Waals surface area contributed by atoms with Crippen molar-refractivity contribution in [3.8, 4) is 11.4 Å². The van der Waals surface area contributed by atoms with Crippen molar-refractivity contribution in [1.82, 2.24) is 15.3 Å². The summed E-state index contributed by atoms with van der Waals surface area (Å²) >= 11 is 0. The summed E-state index contributed by atoms with van der Waals surface area (Å²) in [4.78, 5) is 9.48. The molecule has 1 aliphatic rings. The molecule has 4 nitrogen and oxygen atoms in total. The summed E-state index contributed by atoms with van der Waals surface area (Å²) in [6.45, 7) is 6.05. The van der Waals surface area contributed by atoms with Crippen molar-refractivity contribution in [2.45, 2.75) is 26.8 Å². The van der Waals surface area contributed by atoms with Gasteiger partial charge in [0, 0.05) is 37.7 Å². The molecule has 20 heavy (non-hydrogen) atoms. The van der Waals surface area contributed by atoms with Gasteiger partial charge in [0.05, 0.1) is 5.69 Å². The Kier molecular flexibility index (Phi) is 3.40. The summed E-state index contributed by atoms with van der Waals surface area (Å²) in [5, 5.41) is 6.58. The quantitative estimate of drug-likeness (QED) is 0.878. The van der Waals surface area contributed by atoms with Gasteiger partial charge in [-0.15, -0.1) is 0 Å². The van der Waals surface area contributed by atoms with E-state index in [-0.39, 0.29) is 0 Å². The molecule has 0 radical (unpaired) electrons. The lowest BCUT2D eigenvalue weighted by Crippen LogP contribution is -2.26. The average molecular weight is 268 g/mol. The number of aromatic nitrogens is 2. The van der Waals surface area contributed by atoms with Crippen molar-refractivity contribution in [1.29, 1.82) is 0 Å². The third-order valence-corrected chi connectivity index (χ3v) is 3.65. The van der Waals surface area contributed by atoms with Crippen LogP contribution >= 0.6 is 0 Å². The van der Waals surface area contributed by atoms with E-state index in [4.69, 9.17) is 9.97 Å². The van der Waals surface area contributed by atoms with Crippen LogP contribution in [0.1, 0.15) is 22.4 Å². The molecule has 2 heterocycles. The van der Waals surface area contributed by atoms with Crippen LogP contribution in [0.4, 0.5) is 5.82 Å². The number of hydrogen-bond acceptors (Lipinski definition) is 4. The highest BCUT2D eigenvalue weighted by molar-refractivity contribution is 5.62. The fourth-order valence-corrected chi connectivity index (χ4v) is 2.78. The lowest BCUT2D eigenvalue weighted by Gasteiger charge is -2.20. The van der Waals surface area contributed by atoms with Crippen molar-refractivity contribution in [3.05, 3.63) is 40.6 Å². The van der Waals surface area contributed by atoms with Gasteiger partial charge in [0.15, 0.2) is 5.82 Å². The van der Waals surface area contributed by atoms with Crippen LogP contribution in [-0.2, 0) is 13.0 Å². The zero-order chi connectivity index (χ0) is 14.1. The van der Waals surface area contributed by atoms with E-state index in [1.807, 2.05) is 7.05 Å². The molecule has 0 fully saturated rings. The van der Waals surface area contributed by atoms with Crippen molar-refractivity contribution >= 4 is 5.82 Å². The molecule has 3 rings (SSSR count). The van der Waals surface area contributed by atoms with Crippen LogP contribution in [0.2, 0.25) is 0 Å². The fourth-order valence-electron chi connectivity index (χ4n) is 2.78. The molecule has 0 aliphatic carbocycles. The molecular weight excluding hydrogens is 248 g/mol. The Labute approximate surface area is 119 Å². The van der Waals surface area contributed by atoms with Crippen molar-refractivity contribution in [3.63, 3.8) is 0 Å². The maximum atomic E-state index is 4.78. The van der Waals surface area contributed by atoms with E-state index in [0.717, 1.165) is 42.4 Å². The number of nitrogens with one attached hydrogen (secondary N) is 2. The molecule has 2 N–H and O–H groups in total. The second-order valence-electron chi connectivity index (χ2n) is 5.37. The van der Waals surface area contributed by atoms with Gasteiger partial charge >= 0.3 is 0 Å². The Hall–Kier alpha value is -1.94. The van der Waals surface area contributed by atoms with E-state index in [1.165, 1.54) is 16.7 Å². The normalized spacial score (nSPS) is 13.9. The van der Waals surface area contributed by atoms with Gasteiger partial charge in [-0.3, -0.25) is 0 Å². The van der Waals surface area contributed by atoms with Crippen molar-refractivity contribution < 1.29 is 0 Å². The summed E-state index contributed by atoms with van der Waals surface area (Å²) in [5.74, 6) is 1.76. The van der Waals surface area contributed by atoms with Crippen LogP contribution < -0.4 is 10.6 Å². The van der Waals surface area contributed by atoms with Gasteiger partial charge in [-0.25, -0.2) is 9.97 Å². The first-order valence-corrected chi connectivity index (χ1v) is 7.04. The summed E-state index contributed by atoms with van der Waals surface area (Å²) in [6.07, 6.45) is 0.963. The molecule has 2 aromatic rings. The zero-order valence-corrected chi connectivity index (χ0v) is 12.2. The maximum Gasteiger partial charge on any atom is 0.161 e. The SMILES string of the molecule is CNc1nc(-c2cc(C)cc(C)c2)nc2c1CNCC2. The average Bonchev–Trinajstić information content (AvgIpc) is 2.45. The molecular formula is C16H20N4. The molecule has 4 heteroatoms.